The smallest absolute Gasteiger partial charge is 0.356 e. The minimum absolute atomic E-state index is 0.0323. The van der Waals surface area contributed by atoms with Gasteiger partial charge in [-0.1, -0.05) is 0 Å². The third kappa shape index (κ3) is 2.22. The van der Waals surface area contributed by atoms with E-state index in [9.17, 15) is 9.59 Å². The molecule has 0 atom stereocenters. The fraction of sp³-hybridized carbons (Fsp3) is 0.200. The van der Waals surface area contributed by atoms with Gasteiger partial charge < -0.3 is 9.72 Å². The van der Waals surface area contributed by atoms with Gasteiger partial charge in [-0.05, 0) is 0 Å². The van der Waals surface area contributed by atoms with E-state index in [0.29, 0.717) is 5.56 Å². The van der Waals surface area contributed by atoms with Crippen molar-refractivity contribution in [2.45, 2.75) is 0 Å². The zero-order valence-corrected chi connectivity index (χ0v) is 9.30. The first-order valence-corrected chi connectivity index (χ1v) is 4.79. The number of nitrogens with one attached hydrogen (secondary N) is 1. The molecule has 0 aliphatic rings. The van der Waals surface area contributed by atoms with Crippen LogP contribution in [0.1, 0.15) is 10.5 Å². The number of aryl methyl sites for hydroxylation is 1. The number of rotatable bonds is 2. The fourth-order valence-electron chi connectivity index (χ4n) is 1.35. The molecule has 2 heterocycles. The number of hydrogen-bond acceptors (Lipinski definition) is 5. The number of nitrogens with zero attached hydrogens (tertiary/aromatic N) is 3. The number of aromatic nitrogens is 4. The molecule has 0 saturated heterocycles. The van der Waals surface area contributed by atoms with Crippen LogP contribution in [0.15, 0.2) is 23.3 Å². The van der Waals surface area contributed by atoms with Crippen molar-refractivity contribution in [2.24, 2.45) is 7.05 Å². The summed E-state index contributed by atoms with van der Waals surface area (Å²) in [6.07, 6.45) is 3.22. The molecule has 0 aromatic carbocycles. The van der Waals surface area contributed by atoms with E-state index >= 15 is 0 Å². The number of esters is 1. The molecular formula is C10H10N4O3. The van der Waals surface area contributed by atoms with E-state index in [2.05, 4.69) is 19.8 Å². The Morgan fingerprint density at radius 1 is 1.53 bits per heavy atom. The van der Waals surface area contributed by atoms with Crippen LogP contribution in [0.2, 0.25) is 0 Å². The molecule has 0 aliphatic heterocycles. The summed E-state index contributed by atoms with van der Waals surface area (Å²) >= 11 is 0. The standard InChI is InChI=1S/C10H10N4O3/c1-14-5-6(4-11-14)9-12-7(10(16)17-2)3-8(15)13-9/h3-5H,1-2H3,(H,12,13,15). The maximum atomic E-state index is 11.4. The van der Waals surface area contributed by atoms with Crippen LogP contribution in [0.25, 0.3) is 11.4 Å². The average Bonchev–Trinajstić information content (AvgIpc) is 2.74. The molecule has 2 aromatic rings. The summed E-state index contributed by atoms with van der Waals surface area (Å²) in [4.78, 5) is 29.2. The number of carbonyl (C=O) groups is 1. The molecular weight excluding hydrogens is 224 g/mol. The van der Waals surface area contributed by atoms with Crippen LogP contribution in [-0.2, 0) is 11.8 Å². The summed E-state index contributed by atoms with van der Waals surface area (Å²) in [5.41, 5.74) is 0.171. The van der Waals surface area contributed by atoms with Crippen molar-refractivity contribution in [3.8, 4) is 11.4 Å². The molecule has 0 radical (unpaired) electrons. The highest BCUT2D eigenvalue weighted by atomic mass is 16.5. The third-order valence-corrected chi connectivity index (χ3v) is 2.11. The lowest BCUT2D eigenvalue weighted by atomic mass is 10.3. The summed E-state index contributed by atoms with van der Waals surface area (Å²) in [6.45, 7) is 0. The molecule has 0 fully saturated rings. The topological polar surface area (TPSA) is 89.9 Å². The fourth-order valence-corrected chi connectivity index (χ4v) is 1.35. The van der Waals surface area contributed by atoms with Crippen molar-refractivity contribution in [2.75, 3.05) is 7.11 Å². The minimum Gasteiger partial charge on any atom is -0.464 e. The first kappa shape index (κ1) is 11.1. The van der Waals surface area contributed by atoms with Crippen molar-refractivity contribution >= 4 is 5.97 Å². The van der Waals surface area contributed by atoms with Crippen LogP contribution >= 0.6 is 0 Å². The maximum absolute atomic E-state index is 11.4. The maximum Gasteiger partial charge on any atom is 0.356 e. The summed E-state index contributed by atoms with van der Waals surface area (Å²) in [7, 11) is 2.97. The SMILES string of the molecule is COC(=O)c1cc(=O)[nH]c(-c2cnn(C)c2)n1. The van der Waals surface area contributed by atoms with Crippen molar-refractivity contribution in [3.63, 3.8) is 0 Å². The number of aromatic amines is 1. The molecule has 0 aliphatic carbocycles. The normalized spacial score (nSPS) is 10.2. The van der Waals surface area contributed by atoms with Gasteiger partial charge in [-0.3, -0.25) is 9.48 Å². The Morgan fingerprint density at radius 3 is 2.88 bits per heavy atom. The first-order chi connectivity index (χ1) is 8.10. The Hall–Kier alpha value is -2.44. The Balaban J connectivity index is 2.52. The number of carbonyl (C=O) groups excluding carboxylic acids is 1. The number of H-pyrrole nitrogens is 1. The molecule has 0 spiro atoms. The van der Waals surface area contributed by atoms with E-state index in [4.69, 9.17) is 0 Å². The largest absolute Gasteiger partial charge is 0.464 e. The first-order valence-electron chi connectivity index (χ1n) is 4.79. The second-order valence-electron chi connectivity index (χ2n) is 3.37. The lowest BCUT2D eigenvalue weighted by Crippen LogP contribution is -2.14. The van der Waals surface area contributed by atoms with Crippen LogP contribution in [0.3, 0.4) is 0 Å². The Labute approximate surface area is 96.1 Å². The highest BCUT2D eigenvalue weighted by Gasteiger charge is 2.11. The molecule has 17 heavy (non-hydrogen) atoms. The Kier molecular flexibility index (Phi) is 2.73. The molecule has 7 nitrogen and oxygen atoms in total. The van der Waals surface area contributed by atoms with E-state index in [1.165, 1.54) is 7.11 Å². The summed E-state index contributed by atoms with van der Waals surface area (Å²) in [6, 6.07) is 1.09. The van der Waals surface area contributed by atoms with Crippen molar-refractivity contribution in [1.29, 1.82) is 0 Å². The predicted octanol–water partition coefficient (Wildman–Crippen LogP) is -0.0430. The predicted molar refractivity (Wildman–Crippen MR) is 58.4 cm³/mol. The van der Waals surface area contributed by atoms with E-state index in [1.807, 2.05) is 0 Å². The van der Waals surface area contributed by atoms with Crippen LogP contribution in [0, 0.1) is 0 Å². The molecule has 0 amide bonds. The van der Waals surface area contributed by atoms with Crippen molar-refractivity contribution < 1.29 is 9.53 Å². The zero-order chi connectivity index (χ0) is 12.4. The van der Waals surface area contributed by atoms with E-state index in [0.717, 1.165) is 6.07 Å². The summed E-state index contributed by atoms with van der Waals surface area (Å²) in [5.74, 6) is -0.368. The van der Waals surface area contributed by atoms with Gasteiger partial charge >= 0.3 is 5.97 Å². The van der Waals surface area contributed by atoms with Gasteiger partial charge in [0, 0.05) is 19.3 Å². The Morgan fingerprint density at radius 2 is 2.29 bits per heavy atom. The van der Waals surface area contributed by atoms with Crippen molar-refractivity contribution in [1.82, 2.24) is 19.7 Å². The molecule has 1 N–H and O–H groups in total. The highest BCUT2D eigenvalue weighted by molar-refractivity contribution is 5.87. The van der Waals surface area contributed by atoms with Gasteiger partial charge in [-0.15, -0.1) is 0 Å². The van der Waals surface area contributed by atoms with Crippen LogP contribution in [0.5, 0.6) is 0 Å². The summed E-state index contributed by atoms with van der Waals surface area (Å²) in [5, 5.41) is 3.96. The monoisotopic (exact) mass is 234 g/mol. The lowest BCUT2D eigenvalue weighted by Gasteiger charge is -2.00. The van der Waals surface area contributed by atoms with Crippen molar-refractivity contribution in [3.05, 3.63) is 34.5 Å². The van der Waals surface area contributed by atoms with Crippen LogP contribution < -0.4 is 5.56 Å². The molecule has 0 unspecified atom stereocenters. The third-order valence-electron chi connectivity index (χ3n) is 2.11. The quantitative estimate of drug-likeness (QED) is 0.736. The van der Waals surface area contributed by atoms with Gasteiger partial charge in [0.2, 0.25) is 0 Å². The van der Waals surface area contributed by atoms with E-state index in [-0.39, 0.29) is 11.5 Å². The zero-order valence-electron chi connectivity index (χ0n) is 9.30. The lowest BCUT2D eigenvalue weighted by molar-refractivity contribution is 0.0594. The van der Waals surface area contributed by atoms with E-state index < -0.39 is 11.5 Å². The van der Waals surface area contributed by atoms with Gasteiger partial charge in [0.25, 0.3) is 5.56 Å². The molecule has 7 heteroatoms. The van der Waals surface area contributed by atoms with Gasteiger partial charge in [0.15, 0.2) is 5.69 Å². The van der Waals surface area contributed by atoms with Gasteiger partial charge in [0.05, 0.1) is 18.9 Å². The molecule has 88 valence electrons. The second-order valence-corrected chi connectivity index (χ2v) is 3.37. The molecule has 2 aromatic heterocycles. The number of hydrogen-bond donors (Lipinski definition) is 1. The van der Waals surface area contributed by atoms with Crippen LogP contribution in [-0.4, -0.2) is 32.8 Å². The van der Waals surface area contributed by atoms with Gasteiger partial charge in [0.1, 0.15) is 5.82 Å². The Bertz CT molecular complexity index is 614. The van der Waals surface area contributed by atoms with E-state index in [1.54, 1.807) is 24.1 Å². The number of methoxy groups -OCH3 is 1. The highest BCUT2D eigenvalue weighted by Crippen LogP contribution is 2.11. The number of ether oxygens (including phenoxy) is 1. The van der Waals surface area contributed by atoms with Gasteiger partial charge in [-0.2, -0.15) is 5.10 Å². The van der Waals surface area contributed by atoms with Crippen LogP contribution in [0.4, 0.5) is 0 Å². The molecule has 0 bridgehead atoms. The average molecular weight is 234 g/mol. The molecule has 2 rings (SSSR count). The summed E-state index contributed by atoms with van der Waals surface area (Å²) < 4.78 is 6.08. The second kappa shape index (κ2) is 4.20. The van der Waals surface area contributed by atoms with Gasteiger partial charge in [-0.25, -0.2) is 9.78 Å². The molecule has 0 saturated carbocycles. The minimum atomic E-state index is -0.652.